The molecular formula is C46H80Al2Cl4N8O3Si. The van der Waals surface area contributed by atoms with Crippen molar-refractivity contribution in [3.8, 4) is 6.07 Å². The molecule has 0 amide bonds. The van der Waals surface area contributed by atoms with Crippen molar-refractivity contribution < 1.29 is 32.2 Å². The minimum atomic E-state index is -1.42. The second kappa shape index (κ2) is 23.2. The van der Waals surface area contributed by atoms with Gasteiger partial charge < -0.3 is 38.0 Å². The summed E-state index contributed by atoms with van der Waals surface area (Å²) in [5, 5.41) is 22.8. The molecule has 0 unspecified atom stereocenters. The number of rotatable bonds is 4. The van der Waals surface area contributed by atoms with Crippen LogP contribution in [0.2, 0.25) is 11.6 Å². The van der Waals surface area contributed by atoms with E-state index in [1.165, 1.54) is 154 Å². The first-order valence-corrected chi connectivity index (χ1v) is 32.2. The standard InChI is InChI=1S/2C11H18N2.C11H17N2.C11H15N.2CH3.2Al.4ClH.H2N.O2Si.H2O/c3*12-10(13)11-4-7-1-8(5-11)3-9(2-7)6-11;12-7-11-4-8-1-9(5-11)3-10(2-8)6-11;;;;;;;;;;1-3-2;/h2*7-9H,1-6H2,(H3,12,13);7-9H,1-6H2,(H2-,12,13);8-10H,1-6H2;2*1H3;;;4*1H;1H2;;1H2/q;;-1;;;;2*+2;;;;;-1;;/p-2. The summed E-state index contributed by atoms with van der Waals surface area (Å²) in [5.74, 6) is 17.2. The van der Waals surface area contributed by atoms with Crippen LogP contribution in [-0.2, 0) is 8.92 Å². The van der Waals surface area contributed by atoms with Crippen LogP contribution < -0.4 is 39.7 Å². The first-order valence-electron chi connectivity index (χ1n) is 24.4. The fourth-order valence-corrected chi connectivity index (χ4v) is 18.9. The summed E-state index contributed by atoms with van der Waals surface area (Å²) in [6.45, 7) is 0. The van der Waals surface area contributed by atoms with Gasteiger partial charge >= 0.3 is 36.2 Å². The Bertz CT molecular complexity index is 1530. The van der Waals surface area contributed by atoms with Gasteiger partial charge in [-0.15, -0.1) is 12.4 Å². The van der Waals surface area contributed by atoms with Crippen LogP contribution >= 0.6 is 32.5 Å². The molecule has 0 heterocycles. The molecule has 0 radical (unpaired) electrons. The maximum Gasteiger partial charge on any atom is 0.559 e. The van der Waals surface area contributed by atoms with Gasteiger partial charge in [-0.25, -0.2) is 20.1 Å². The highest BCUT2D eigenvalue weighted by Gasteiger charge is 2.56. The van der Waals surface area contributed by atoms with E-state index in [1.54, 1.807) is 0 Å². The molecule has 360 valence electrons. The largest absolute Gasteiger partial charge is 1.00 e. The number of nitrogens with one attached hydrogen (secondary N) is 1. The molecule has 16 aliphatic rings. The van der Waals surface area contributed by atoms with Crippen LogP contribution in [0.1, 0.15) is 154 Å². The summed E-state index contributed by atoms with van der Waals surface area (Å²) < 4.78 is 26.4. The van der Waals surface area contributed by atoms with Crippen molar-refractivity contribution >= 4 is 86.2 Å². The first-order chi connectivity index (χ1) is 28.9. The molecular weight excluding hydrogens is 936 g/mol. The SMILES string of the molecule is Cl.N#CC12CC3CC(CC(C3)C1)C2.N=C(N)C12CC3CC(CC(C3)C1)C2.NC(=[NH2+])C12CC3CC(CC(C3)C1)C2.O.O=[Si]=O.[CH3][Al]([Cl])[N]=C(N)C12CC3CC(CC(C3)C1)C2.[CH3][Al]([NH2])[Cl].[Cl-]. The molecule has 13 N–H and O–H groups in total. The third kappa shape index (κ3) is 13.0. The van der Waals surface area contributed by atoms with Crippen LogP contribution in [0.3, 0.4) is 0 Å². The Morgan fingerprint density at radius 3 is 1.03 bits per heavy atom. The van der Waals surface area contributed by atoms with Crippen molar-refractivity contribution in [3.05, 3.63) is 0 Å². The fraction of sp³-hybridized carbons (Fsp3) is 0.913. The lowest BCUT2D eigenvalue weighted by atomic mass is 9.49. The maximum atomic E-state index is 9.18. The van der Waals surface area contributed by atoms with Crippen LogP contribution in [0.4, 0.5) is 0 Å². The lowest BCUT2D eigenvalue weighted by Gasteiger charge is -2.56. The topological polar surface area (TPSA) is 255 Å². The summed E-state index contributed by atoms with van der Waals surface area (Å²) in [7, 11) is 9.86. The minimum Gasteiger partial charge on any atom is -1.00 e. The molecule has 16 fully saturated rings. The van der Waals surface area contributed by atoms with Crippen molar-refractivity contribution in [3.63, 3.8) is 0 Å². The van der Waals surface area contributed by atoms with Gasteiger partial charge in [-0.05, 0) is 225 Å². The molecule has 0 spiro atoms. The van der Waals surface area contributed by atoms with E-state index in [-0.39, 0.29) is 52.0 Å². The van der Waals surface area contributed by atoms with E-state index in [2.05, 4.69) is 10.0 Å². The van der Waals surface area contributed by atoms with Crippen molar-refractivity contribution in [2.75, 3.05) is 0 Å². The minimum absolute atomic E-state index is 0. The third-order valence-electron chi connectivity index (χ3n) is 18.4. The molecule has 64 heavy (non-hydrogen) atoms. The molecule has 0 atom stereocenters. The Morgan fingerprint density at radius 1 is 0.609 bits per heavy atom. The van der Waals surface area contributed by atoms with E-state index in [4.69, 9.17) is 61.8 Å². The lowest BCUT2D eigenvalue weighted by molar-refractivity contribution is -0.142. The Kier molecular flexibility index (Phi) is 20.4. The fourth-order valence-electron chi connectivity index (χ4n) is 17.9. The van der Waals surface area contributed by atoms with E-state index in [0.29, 0.717) is 5.84 Å². The normalized spacial score (nSPS) is 43.8. The van der Waals surface area contributed by atoms with Crippen LogP contribution in [0.15, 0.2) is 3.98 Å². The number of nitrogens with two attached hydrogens (primary N) is 5. The number of hydrogen-bond donors (Lipinski definition) is 6. The summed E-state index contributed by atoms with van der Waals surface area (Å²) in [6, 6.07) is 2.61. The predicted octanol–water partition coefficient (Wildman–Crippen LogP) is 4.39. The monoisotopic (exact) mass is 1010 g/mol. The lowest BCUT2D eigenvalue weighted by Crippen LogP contribution is -3.00. The summed E-state index contributed by atoms with van der Waals surface area (Å²) in [6.07, 6.45) is 32.6. The van der Waals surface area contributed by atoms with Gasteiger partial charge in [0.05, 0.1) is 28.6 Å². The van der Waals surface area contributed by atoms with Gasteiger partial charge in [0.25, 0.3) is 0 Å². The van der Waals surface area contributed by atoms with E-state index in [9.17, 15) is 5.26 Å². The highest BCUT2D eigenvalue weighted by Crippen LogP contribution is 2.63. The number of nitrogens with zero attached hydrogens (tertiary/aromatic N) is 2. The van der Waals surface area contributed by atoms with Crippen molar-refractivity contribution in [2.24, 2.45) is 119 Å². The van der Waals surface area contributed by atoms with E-state index in [1.807, 2.05) is 11.6 Å². The number of hydrogen-bond acceptors (Lipinski definition) is 6. The molecule has 16 rings (SSSR count). The average Bonchev–Trinajstić information content (AvgIpc) is 3.13. The molecule has 11 nitrogen and oxygen atoms in total. The van der Waals surface area contributed by atoms with Gasteiger partial charge in [-0.3, -0.25) is 25.5 Å². The highest BCUT2D eigenvalue weighted by atomic mass is 35.6. The Labute approximate surface area is 416 Å². The van der Waals surface area contributed by atoms with Gasteiger partial charge in [-0.1, -0.05) is 11.6 Å². The highest BCUT2D eigenvalue weighted by molar-refractivity contribution is 7.05. The predicted molar refractivity (Wildman–Crippen MR) is 260 cm³/mol. The first kappa shape index (κ1) is 56.4. The Hall–Kier alpha value is -0.138. The van der Waals surface area contributed by atoms with Gasteiger partial charge in [0.1, 0.15) is 0 Å². The molecule has 0 aliphatic heterocycles. The zero-order valence-corrected chi connectivity index (χ0v) is 45.1. The Morgan fingerprint density at radius 2 is 0.828 bits per heavy atom. The summed E-state index contributed by atoms with van der Waals surface area (Å²) in [4.78, 5) is 0. The molecule has 0 aromatic heterocycles. The molecule has 16 aliphatic carbocycles. The molecule has 16 bridgehead atoms. The molecule has 0 saturated heterocycles. The van der Waals surface area contributed by atoms with Crippen molar-refractivity contribution in [2.45, 2.75) is 166 Å². The summed E-state index contributed by atoms with van der Waals surface area (Å²) >= 11 is -2.59. The zero-order valence-electron chi connectivity index (χ0n) is 38.7. The quantitative estimate of drug-likeness (QED) is 0.135. The zero-order chi connectivity index (χ0) is 43.9. The van der Waals surface area contributed by atoms with Crippen LogP contribution in [0.5, 0.6) is 0 Å². The van der Waals surface area contributed by atoms with Gasteiger partial charge in [0, 0.05) is 10.8 Å². The molecule has 18 heteroatoms. The van der Waals surface area contributed by atoms with Crippen LogP contribution in [0, 0.1) is 109 Å². The third-order valence-corrected chi connectivity index (χ3v) is 19.4. The second-order valence-electron chi connectivity index (χ2n) is 23.6. The maximum absolute atomic E-state index is 9.18. The number of halogens is 4. The van der Waals surface area contributed by atoms with Crippen molar-refractivity contribution in [1.82, 2.24) is 0 Å². The molecule has 16 saturated carbocycles. The van der Waals surface area contributed by atoms with Crippen molar-refractivity contribution in [1.29, 1.82) is 10.7 Å². The second-order valence-corrected chi connectivity index (χ2v) is 30.5. The molecule has 0 aromatic carbocycles. The van der Waals surface area contributed by atoms with Crippen LogP contribution in [-0.4, -0.2) is 59.2 Å². The smallest absolute Gasteiger partial charge is 0.559 e. The molecule has 0 aromatic rings. The Balaban J connectivity index is 0.000000176. The average molecular weight is 1020 g/mol. The van der Waals surface area contributed by atoms with Gasteiger partial charge in [0.2, 0.25) is 5.84 Å². The number of nitriles is 1. The van der Waals surface area contributed by atoms with E-state index < -0.39 is 36.2 Å². The van der Waals surface area contributed by atoms with E-state index in [0.717, 1.165) is 82.7 Å². The summed E-state index contributed by atoms with van der Waals surface area (Å²) in [5.41, 5.74) is 18.8. The van der Waals surface area contributed by atoms with Gasteiger partial charge in [0.15, 0.2) is 0 Å². The number of amidine groups is 3. The van der Waals surface area contributed by atoms with Crippen LogP contribution in [0.25, 0.3) is 0 Å². The van der Waals surface area contributed by atoms with Gasteiger partial charge in [-0.2, -0.15) is 5.26 Å². The van der Waals surface area contributed by atoms with E-state index >= 15 is 0 Å².